The summed E-state index contributed by atoms with van der Waals surface area (Å²) in [5, 5.41) is 8.95. The molecule has 200 valence electrons. The summed E-state index contributed by atoms with van der Waals surface area (Å²) in [7, 11) is 0. The lowest BCUT2D eigenvalue weighted by atomic mass is 9.86. The van der Waals surface area contributed by atoms with Gasteiger partial charge >= 0.3 is 0 Å². The zero-order chi connectivity index (χ0) is 26.8. The fourth-order valence-corrected chi connectivity index (χ4v) is 4.78. The molecule has 8 heteroatoms. The maximum absolute atomic E-state index is 13.7. The molecule has 0 spiro atoms. The second kappa shape index (κ2) is 13.6. The fraction of sp³-hybridized carbons (Fsp3) is 0.333. The van der Waals surface area contributed by atoms with E-state index in [9.17, 15) is 4.79 Å². The highest BCUT2D eigenvalue weighted by Crippen LogP contribution is 2.34. The topological polar surface area (TPSA) is 92.2 Å². The average Bonchev–Trinajstić information content (AvgIpc) is 3.27. The Morgan fingerprint density at radius 3 is 2.53 bits per heavy atom. The highest BCUT2D eigenvalue weighted by molar-refractivity contribution is 9.10. The van der Waals surface area contributed by atoms with E-state index in [1.807, 2.05) is 73.7 Å². The minimum Gasteiger partial charge on any atom is -0.494 e. The molecule has 3 aromatic carbocycles. The van der Waals surface area contributed by atoms with Crippen molar-refractivity contribution >= 4 is 27.7 Å². The van der Waals surface area contributed by atoms with Crippen LogP contribution in [0.5, 0.6) is 5.75 Å². The number of aryl methyl sites for hydroxylation is 1. The summed E-state index contributed by atoms with van der Waals surface area (Å²) in [6.07, 6.45) is 2.26. The molecule has 38 heavy (non-hydrogen) atoms. The number of aliphatic imine (C=N–C) groups is 1. The number of carbonyl (C=O) groups excluding carboxylic acids is 1. The van der Waals surface area contributed by atoms with Crippen LogP contribution in [0.15, 0.2) is 88.3 Å². The van der Waals surface area contributed by atoms with Crippen molar-refractivity contribution in [3.63, 3.8) is 0 Å². The van der Waals surface area contributed by atoms with Gasteiger partial charge in [0, 0.05) is 36.0 Å². The zero-order valence-electron chi connectivity index (χ0n) is 21.5. The molecule has 0 bridgehead atoms. The van der Waals surface area contributed by atoms with Crippen molar-refractivity contribution in [2.45, 2.75) is 44.2 Å². The number of nitrogens with zero attached hydrogens (tertiary/aromatic N) is 1. The van der Waals surface area contributed by atoms with Crippen molar-refractivity contribution in [1.82, 2.24) is 10.9 Å². The Labute approximate surface area is 232 Å². The van der Waals surface area contributed by atoms with Crippen LogP contribution < -0.4 is 15.6 Å². The Balaban J connectivity index is 1.49. The molecule has 0 aliphatic carbocycles. The van der Waals surface area contributed by atoms with E-state index in [0.717, 1.165) is 28.4 Å². The molecule has 7 nitrogen and oxygen atoms in total. The molecule has 0 unspecified atom stereocenters. The number of carbonyl (C=O) groups is 1. The smallest absolute Gasteiger partial charge is 0.266 e. The van der Waals surface area contributed by atoms with Gasteiger partial charge in [-0.25, -0.2) is 10.4 Å². The predicted molar refractivity (Wildman–Crippen MR) is 152 cm³/mol. The Morgan fingerprint density at radius 2 is 1.79 bits per heavy atom. The second-order valence-corrected chi connectivity index (χ2v) is 10.1. The van der Waals surface area contributed by atoms with E-state index >= 15 is 0 Å². The van der Waals surface area contributed by atoms with Gasteiger partial charge in [-0.05, 0) is 61.2 Å². The van der Waals surface area contributed by atoms with Gasteiger partial charge in [0.25, 0.3) is 5.91 Å². The van der Waals surface area contributed by atoms with E-state index in [2.05, 4.69) is 38.9 Å². The molecule has 1 heterocycles. The largest absolute Gasteiger partial charge is 0.494 e. The molecule has 4 rings (SSSR count). The second-order valence-electron chi connectivity index (χ2n) is 9.29. The summed E-state index contributed by atoms with van der Waals surface area (Å²) in [4.78, 5) is 18.6. The van der Waals surface area contributed by atoms with E-state index in [-0.39, 0.29) is 12.5 Å². The Hall–Kier alpha value is -3.20. The third-order valence-electron chi connectivity index (χ3n) is 6.56. The van der Waals surface area contributed by atoms with Crippen LogP contribution in [0.3, 0.4) is 0 Å². The molecule has 0 radical (unpaired) electrons. The Kier molecular flexibility index (Phi) is 9.92. The van der Waals surface area contributed by atoms with Crippen molar-refractivity contribution < 1.29 is 19.4 Å². The summed E-state index contributed by atoms with van der Waals surface area (Å²) >= 11 is 3.62. The lowest BCUT2D eigenvalue weighted by molar-refractivity contribution is -0.129. The molecule has 0 saturated heterocycles. The molecular weight excluding hydrogens is 546 g/mol. The van der Waals surface area contributed by atoms with Gasteiger partial charge in [-0.15, -0.1) is 0 Å². The van der Waals surface area contributed by atoms with Crippen LogP contribution in [0.1, 0.15) is 36.5 Å². The molecule has 2 atom stereocenters. The number of aliphatic hydroxyl groups is 1. The first kappa shape index (κ1) is 27.8. The van der Waals surface area contributed by atoms with Crippen LogP contribution >= 0.6 is 15.9 Å². The highest BCUT2D eigenvalue weighted by Gasteiger charge is 2.50. The van der Waals surface area contributed by atoms with E-state index in [1.165, 1.54) is 5.56 Å². The number of hydrogen-bond donors (Lipinski definition) is 3. The minimum atomic E-state index is -1.15. The number of halogens is 1. The first-order valence-electron chi connectivity index (χ1n) is 12.9. The minimum absolute atomic E-state index is 0.0875. The van der Waals surface area contributed by atoms with Crippen LogP contribution in [0.2, 0.25) is 0 Å². The van der Waals surface area contributed by atoms with Gasteiger partial charge in [0.05, 0.1) is 6.61 Å². The number of amides is 1. The SMILES string of the molecule is C[C@@H]1OC(c2ccc(OCCCO)cc2)=N[C@]1(Cc1ccccc1Br)C(=O)NNCCCc1ccccc1. The van der Waals surface area contributed by atoms with Crippen molar-refractivity contribution in [3.8, 4) is 5.75 Å². The highest BCUT2D eigenvalue weighted by atomic mass is 79.9. The van der Waals surface area contributed by atoms with Gasteiger partial charge in [-0.1, -0.05) is 64.5 Å². The molecule has 3 N–H and O–H groups in total. The van der Waals surface area contributed by atoms with Crippen molar-refractivity contribution in [2.24, 2.45) is 4.99 Å². The van der Waals surface area contributed by atoms with Gasteiger partial charge in [0.2, 0.25) is 5.90 Å². The maximum atomic E-state index is 13.7. The van der Waals surface area contributed by atoms with Crippen LogP contribution in [-0.4, -0.2) is 48.3 Å². The van der Waals surface area contributed by atoms with Crippen molar-refractivity contribution in [2.75, 3.05) is 19.8 Å². The third kappa shape index (κ3) is 7.01. The Morgan fingerprint density at radius 1 is 1.05 bits per heavy atom. The molecule has 1 aliphatic heterocycles. The lowest BCUT2D eigenvalue weighted by Gasteiger charge is -2.28. The summed E-state index contributed by atoms with van der Waals surface area (Å²) in [6, 6.07) is 25.5. The van der Waals surface area contributed by atoms with E-state index < -0.39 is 11.6 Å². The number of hydrogen-bond acceptors (Lipinski definition) is 6. The molecule has 1 aliphatic rings. The first-order valence-corrected chi connectivity index (χ1v) is 13.7. The maximum Gasteiger partial charge on any atom is 0.266 e. The Bertz CT molecular complexity index is 1220. The molecule has 0 saturated carbocycles. The van der Waals surface area contributed by atoms with Crippen LogP contribution in [0.25, 0.3) is 0 Å². The number of nitrogens with one attached hydrogen (secondary N) is 2. The van der Waals surface area contributed by atoms with Gasteiger partial charge in [0.1, 0.15) is 11.9 Å². The first-order chi connectivity index (χ1) is 18.5. The molecular formula is C30H34BrN3O4. The summed E-state index contributed by atoms with van der Waals surface area (Å²) in [5.74, 6) is 0.885. The quantitative estimate of drug-likeness (QED) is 0.203. The normalized spacial score (nSPS) is 18.5. The fourth-order valence-electron chi connectivity index (χ4n) is 4.35. The lowest BCUT2D eigenvalue weighted by Crippen LogP contribution is -2.56. The van der Waals surface area contributed by atoms with E-state index in [1.54, 1.807) is 0 Å². The average molecular weight is 581 g/mol. The third-order valence-corrected chi connectivity index (χ3v) is 7.33. The number of aliphatic hydroxyl groups excluding tert-OH is 1. The molecule has 1 amide bonds. The van der Waals surface area contributed by atoms with E-state index in [0.29, 0.717) is 37.6 Å². The predicted octanol–water partition coefficient (Wildman–Crippen LogP) is 4.61. The number of benzene rings is 3. The van der Waals surface area contributed by atoms with Crippen molar-refractivity contribution in [1.29, 1.82) is 0 Å². The van der Waals surface area contributed by atoms with Crippen LogP contribution in [0, 0.1) is 0 Å². The summed E-state index contributed by atoms with van der Waals surface area (Å²) in [5.41, 5.74) is 7.85. The summed E-state index contributed by atoms with van der Waals surface area (Å²) < 4.78 is 12.7. The van der Waals surface area contributed by atoms with Gasteiger partial charge < -0.3 is 14.6 Å². The van der Waals surface area contributed by atoms with Gasteiger partial charge in [-0.3, -0.25) is 10.2 Å². The monoisotopic (exact) mass is 579 g/mol. The standard InChI is InChI=1S/C30H34BrN3O4/c1-22-30(21-25-12-5-6-13-27(25)31,29(36)34-32-18-7-11-23-9-3-2-4-10-23)33-28(38-22)24-14-16-26(17-15-24)37-20-8-19-35/h2-6,9-10,12-17,22,32,35H,7-8,11,18-21H2,1H3,(H,34,36)/t22-,30-/m0/s1. The van der Waals surface area contributed by atoms with Gasteiger partial charge in [-0.2, -0.15) is 0 Å². The summed E-state index contributed by atoms with van der Waals surface area (Å²) in [6.45, 7) is 3.05. The number of rotatable bonds is 13. The molecule has 0 fully saturated rings. The van der Waals surface area contributed by atoms with E-state index in [4.69, 9.17) is 19.6 Å². The van der Waals surface area contributed by atoms with Crippen molar-refractivity contribution in [3.05, 3.63) is 100 Å². The number of hydrazine groups is 1. The number of ether oxygens (including phenoxy) is 2. The van der Waals surface area contributed by atoms with Crippen LogP contribution in [-0.2, 0) is 22.4 Å². The van der Waals surface area contributed by atoms with Crippen LogP contribution in [0.4, 0.5) is 0 Å². The zero-order valence-corrected chi connectivity index (χ0v) is 23.1. The molecule has 0 aromatic heterocycles. The molecule has 3 aromatic rings. The van der Waals surface area contributed by atoms with Gasteiger partial charge in [0.15, 0.2) is 5.54 Å².